The zero-order valence-corrected chi connectivity index (χ0v) is 10.4. The van der Waals surface area contributed by atoms with E-state index in [4.69, 9.17) is 0 Å². The van der Waals surface area contributed by atoms with Gasteiger partial charge in [-0.2, -0.15) is 0 Å². The van der Waals surface area contributed by atoms with Gasteiger partial charge in [-0.3, -0.25) is 4.79 Å². The molecular weight excluding hydrogens is 229 g/mol. The molecule has 0 saturated carbocycles. The first-order valence-electron chi connectivity index (χ1n) is 5.67. The fraction of sp³-hybridized carbons (Fsp3) is 0.133. The molecule has 0 unspecified atom stereocenters. The predicted octanol–water partition coefficient (Wildman–Crippen LogP) is 3.71. The Bertz CT molecular complexity index is 580. The van der Waals surface area contributed by atoms with Gasteiger partial charge in [0.15, 0.2) is 6.29 Å². The van der Waals surface area contributed by atoms with Crippen molar-refractivity contribution in [1.29, 1.82) is 0 Å². The molecule has 0 N–H and O–H groups in total. The Morgan fingerprint density at radius 1 is 1.11 bits per heavy atom. The highest BCUT2D eigenvalue weighted by Crippen LogP contribution is 2.28. The van der Waals surface area contributed by atoms with Crippen LogP contribution in [0, 0.1) is 12.7 Å². The van der Waals surface area contributed by atoms with Gasteiger partial charge in [-0.05, 0) is 36.8 Å². The summed E-state index contributed by atoms with van der Waals surface area (Å²) in [6.45, 7) is 2.00. The van der Waals surface area contributed by atoms with E-state index in [1.54, 1.807) is 6.07 Å². The normalized spacial score (nSPS) is 10.2. The van der Waals surface area contributed by atoms with Crippen LogP contribution in [0.2, 0.25) is 0 Å². The third kappa shape index (κ3) is 2.25. The number of halogens is 1. The number of aryl methyl sites for hydroxylation is 1. The number of nitrogens with zero attached hydrogens (tertiary/aromatic N) is 1. The molecule has 0 aliphatic carbocycles. The summed E-state index contributed by atoms with van der Waals surface area (Å²) in [6, 6.07) is 12.1. The molecule has 0 amide bonds. The van der Waals surface area contributed by atoms with Crippen molar-refractivity contribution < 1.29 is 9.18 Å². The number of carbonyl (C=O) groups excluding carboxylic acids is 1. The van der Waals surface area contributed by atoms with Gasteiger partial charge in [0.05, 0.1) is 5.69 Å². The summed E-state index contributed by atoms with van der Waals surface area (Å²) in [7, 11) is 1.86. The molecular formula is C15H14FNO. The summed E-state index contributed by atoms with van der Waals surface area (Å²) in [5.74, 6) is -0.404. The van der Waals surface area contributed by atoms with Gasteiger partial charge in [-0.1, -0.05) is 18.2 Å². The SMILES string of the molecule is Cc1ccccc1N(C)c1ccc(F)cc1C=O. The topological polar surface area (TPSA) is 20.3 Å². The van der Waals surface area contributed by atoms with Crippen molar-refractivity contribution in [1.82, 2.24) is 0 Å². The molecule has 0 bridgehead atoms. The maximum Gasteiger partial charge on any atom is 0.152 e. The van der Waals surface area contributed by atoms with E-state index in [1.165, 1.54) is 12.1 Å². The molecule has 92 valence electrons. The van der Waals surface area contributed by atoms with Crippen LogP contribution in [-0.4, -0.2) is 13.3 Å². The number of anilines is 2. The molecule has 0 atom stereocenters. The average molecular weight is 243 g/mol. The fourth-order valence-corrected chi connectivity index (χ4v) is 1.99. The van der Waals surface area contributed by atoms with Crippen molar-refractivity contribution in [2.24, 2.45) is 0 Å². The van der Waals surface area contributed by atoms with Gasteiger partial charge in [0.25, 0.3) is 0 Å². The third-order valence-corrected chi connectivity index (χ3v) is 2.95. The number of carbonyl (C=O) groups is 1. The molecule has 3 heteroatoms. The van der Waals surface area contributed by atoms with Crippen molar-refractivity contribution >= 4 is 17.7 Å². The minimum absolute atomic E-state index is 0.348. The number of rotatable bonds is 3. The number of hydrogen-bond acceptors (Lipinski definition) is 2. The maximum atomic E-state index is 13.1. The summed E-state index contributed by atoms with van der Waals surface area (Å²) in [5, 5.41) is 0. The zero-order chi connectivity index (χ0) is 13.1. The Morgan fingerprint density at radius 2 is 1.83 bits per heavy atom. The van der Waals surface area contributed by atoms with Crippen molar-refractivity contribution in [2.75, 3.05) is 11.9 Å². The van der Waals surface area contributed by atoms with Crippen LogP contribution in [0.3, 0.4) is 0 Å². The number of para-hydroxylation sites is 1. The smallest absolute Gasteiger partial charge is 0.152 e. The van der Waals surface area contributed by atoms with Crippen molar-refractivity contribution in [2.45, 2.75) is 6.92 Å². The van der Waals surface area contributed by atoms with Gasteiger partial charge in [0.2, 0.25) is 0 Å². The second-order valence-electron chi connectivity index (χ2n) is 4.17. The van der Waals surface area contributed by atoms with E-state index in [0.29, 0.717) is 17.5 Å². The molecule has 0 aromatic heterocycles. The second kappa shape index (κ2) is 5.00. The molecule has 0 aliphatic heterocycles. The van der Waals surface area contributed by atoms with Crippen LogP contribution >= 0.6 is 0 Å². The van der Waals surface area contributed by atoms with Gasteiger partial charge < -0.3 is 4.90 Å². The van der Waals surface area contributed by atoms with E-state index >= 15 is 0 Å². The summed E-state index contributed by atoms with van der Waals surface area (Å²) in [5.41, 5.74) is 3.13. The Hall–Kier alpha value is -2.16. The van der Waals surface area contributed by atoms with Crippen LogP contribution in [0.5, 0.6) is 0 Å². The van der Waals surface area contributed by atoms with Gasteiger partial charge in [0, 0.05) is 18.3 Å². The first-order chi connectivity index (χ1) is 8.63. The lowest BCUT2D eigenvalue weighted by Crippen LogP contribution is -2.13. The fourth-order valence-electron chi connectivity index (χ4n) is 1.99. The zero-order valence-electron chi connectivity index (χ0n) is 10.4. The lowest BCUT2D eigenvalue weighted by atomic mass is 10.1. The summed E-state index contributed by atoms with van der Waals surface area (Å²) < 4.78 is 13.1. The highest BCUT2D eigenvalue weighted by molar-refractivity contribution is 5.87. The van der Waals surface area contributed by atoms with Gasteiger partial charge >= 0.3 is 0 Å². The molecule has 18 heavy (non-hydrogen) atoms. The highest BCUT2D eigenvalue weighted by Gasteiger charge is 2.11. The van der Waals surface area contributed by atoms with Crippen molar-refractivity contribution in [3.05, 3.63) is 59.4 Å². The maximum absolute atomic E-state index is 13.1. The molecule has 2 aromatic carbocycles. The average Bonchev–Trinajstić information content (AvgIpc) is 2.38. The Kier molecular flexibility index (Phi) is 3.42. The van der Waals surface area contributed by atoms with Gasteiger partial charge in [0.1, 0.15) is 5.82 Å². The summed E-state index contributed by atoms with van der Waals surface area (Å²) in [4.78, 5) is 12.9. The van der Waals surface area contributed by atoms with E-state index in [-0.39, 0.29) is 0 Å². The first kappa shape index (κ1) is 12.3. The molecule has 0 heterocycles. The van der Waals surface area contributed by atoms with Crippen LogP contribution in [0.25, 0.3) is 0 Å². The number of benzene rings is 2. The van der Waals surface area contributed by atoms with E-state index in [1.807, 2.05) is 43.1 Å². The van der Waals surface area contributed by atoms with Crippen molar-refractivity contribution in [3.8, 4) is 0 Å². The lowest BCUT2D eigenvalue weighted by Gasteiger charge is -2.22. The molecule has 0 saturated heterocycles. The van der Waals surface area contributed by atoms with E-state index in [0.717, 1.165) is 11.3 Å². The minimum Gasteiger partial charge on any atom is -0.344 e. The molecule has 0 aliphatic rings. The van der Waals surface area contributed by atoms with E-state index in [2.05, 4.69) is 0 Å². The standard InChI is InChI=1S/C15H14FNO/c1-11-5-3-4-6-14(11)17(2)15-8-7-13(16)9-12(15)10-18/h3-10H,1-2H3. The summed E-state index contributed by atoms with van der Waals surface area (Å²) >= 11 is 0. The molecule has 2 aromatic rings. The minimum atomic E-state index is -0.404. The predicted molar refractivity (Wildman–Crippen MR) is 71.0 cm³/mol. The van der Waals surface area contributed by atoms with Gasteiger partial charge in [-0.15, -0.1) is 0 Å². The van der Waals surface area contributed by atoms with Crippen LogP contribution in [0.4, 0.5) is 15.8 Å². The largest absolute Gasteiger partial charge is 0.344 e. The van der Waals surface area contributed by atoms with Crippen LogP contribution in [0.15, 0.2) is 42.5 Å². The summed E-state index contributed by atoms with van der Waals surface area (Å²) in [6.07, 6.45) is 0.674. The first-order valence-corrected chi connectivity index (χ1v) is 5.67. The lowest BCUT2D eigenvalue weighted by molar-refractivity contribution is 0.112. The van der Waals surface area contributed by atoms with Crippen LogP contribution in [-0.2, 0) is 0 Å². The third-order valence-electron chi connectivity index (χ3n) is 2.95. The Balaban J connectivity index is 2.49. The van der Waals surface area contributed by atoms with Crippen LogP contribution < -0.4 is 4.90 Å². The molecule has 2 rings (SSSR count). The monoisotopic (exact) mass is 243 g/mol. The quantitative estimate of drug-likeness (QED) is 0.766. The second-order valence-corrected chi connectivity index (χ2v) is 4.17. The molecule has 0 fully saturated rings. The van der Waals surface area contributed by atoms with E-state index < -0.39 is 5.82 Å². The number of hydrogen-bond donors (Lipinski definition) is 0. The van der Waals surface area contributed by atoms with Crippen molar-refractivity contribution in [3.63, 3.8) is 0 Å². The highest BCUT2D eigenvalue weighted by atomic mass is 19.1. The number of aldehydes is 1. The molecule has 2 nitrogen and oxygen atoms in total. The van der Waals surface area contributed by atoms with E-state index in [9.17, 15) is 9.18 Å². The molecule has 0 spiro atoms. The Labute approximate surface area is 106 Å². The Morgan fingerprint density at radius 3 is 2.50 bits per heavy atom. The van der Waals surface area contributed by atoms with Crippen LogP contribution in [0.1, 0.15) is 15.9 Å². The van der Waals surface area contributed by atoms with Gasteiger partial charge in [-0.25, -0.2) is 4.39 Å². The molecule has 0 radical (unpaired) electrons.